The Labute approximate surface area is 119 Å². The Morgan fingerprint density at radius 3 is 2.85 bits per heavy atom. The summed E-state index contributed by atoms with van der Waals surface area (Å²) in [4.78, 5) is 6.66. The molecule has 0 aromatic carbocycles. The van der Waals surface area contributed by atoms with E-state index < -0.39 is 0 Å². The molecule has 0 bridgehead atoms. The molecule has 1 aromatic heterocycles. The molecule has 2 heterocycles. The highest BCUT2D eigenvalue weighted by atomic mass is 16.4. The minimum atomic E-state index is 0.166. The fourth-order valence-electron chi connectivity index (χ4n) is 3.81. The number of oxime groups is 1. The maximum absolute atomic E-state index is 8.96. The number of anilines is 1. The van der Waals surface area contributed by atoms with Crippen molar-refractivity contribution in [3.63, 3.8) is 0 Å². The van der Waals surface area contributed by atoms with Gasteiger partial charge in [0.2, 0.25) is 0 Å². The average Bonchev–Trinajstić information content (AvgIpc) is 3.16. The van der Waals surface area contributed by atoms with E-state index in [4.69, 9.17) is 10.9 Å². The van der Waals surface area contributed by atoms with E-state index in [1.807, 2.05) is 12.3 Å². The van der Waals surface area contributed by atoms with Crippen LogP contribution < -0.4 is 10.6 Å². The van der Waals surface area contributed by atoms with Gasteiger partial charge in [-0.3, -0.25) is 4.98 Å². The topological polar surface area (TPSA) is 74.7 Å². The normalized spacial score (nSPS) is 24.5. The molecule has 5 heteroatoms. The molecule has 1 atom stereocenters. The van der Waals surface area contributed by atoms with Crippen molar-refractivity contribution in [1.29, 1.82) is 0 Å². The van der Waals surface area contributed by atoms with Crippen molar-refractivity contribution in [3.8, 4) is 0 Å². The summed E-state index contributed by atoms with van der Waals surface area (Å²) in [5.74, 6) is 0.956. The maximum Gasteiger partial charge on any atom is 0.172 e. The standard InChI is InChI=1S/C15H22N4O/c16-15(18-20)12-7-8-17-10-14(12)19-9-3-6-13(19)11-4-1-2-5-11/h7-8,10-11,13,20H,1-6,9H2,(H2,16,18). The van der Waals surface area contributed by atoms with E-state index in [9.17, 15) is 0 Å². The van der Waals surface area contributed by atoms with Crippen LogP contribution in [-0.4, -0.2) is 28.6 Å². The van der Waals surface area contributed by atoms with Gasteiger partial charge in [-0.2, -0.15) is 0 Å². The molecule has 1 unspecified atom stereocenters. The van der Waals surface area contributed by atoms with Crippen molar-refractivity contribution in [3.05, 3.63) is 24.0 Å². The molecule has 3 N–H and O–H groups in total. The first-order valence-corrected chi connectivity index (χ1v) is 7.50. The summed E-state index contributed by atoms with van der Waals surface area (Å²) >= 11 is 0. The fraction of sp³-hybridized carbons (Fsp3) is 0.600. The van der Waals surface area contributed by atoms with Gasteiger partial charge >= 0.3 is 0 Å². The minimum Gasteiger partial charge on any atom is -0.409 e. The van der Waals surface area contributed by atoms with Crippen LogP contribution in [0.3, 0.4) is 0 Å². The van der Waals surface area contributed by atoms with Gasteiger partial charge in [0.05, 0.1) is 11.9 Å². The zero-order chi connectivity index (χ0) is 13.9. The number of aromatic nitrogens is 1. The number of hydrogen-bond acceptors (Lipinski definition) is 4. The molecule has 1 aromatic rings. The largest absolute Gasteiger partial charge is 0.409 e. The number of rotatable bonds is 3. The van der Waals surface area contributed by atoms with Gasteiger partial charge in [-0.1, -0.05) is 18.0 Å². The highest BCUT2D eigenvalue weighted by Gasteiger charge is 2.34. The second-order valence-corrected chi connectivity index (χ2v) is 5.83. The van der Waals surface area contributed by atoms with E-state index in [0.717, 1.165) is 23.7 Å². The summed E-state index contributed by atoms with van der Waals surface area (Å²) in [6, 6.07) is 2.42. The van der Waals surface area contributed by atoms with E-state index in [1.165, 1.54) is 38.5 Å². The highest BCUT2D eigenvalue weighted by Crippen LogP contribution is 2.38. The third-order valence-electron chi connectivity index (χ3n) is 4.74. The van der Waals surface area contributed by atoms with Crippen LogP contribution in [-0.2, 0) is 0 Å². The van der Waals surface area contributed by atoms with Crippen LogP contribution in [0.4, 0.5) is 5.69 Å². The van der Waals surface area contributed by atoms with Crippen molar-refractivity contribution in [1.82, 2.24) is 4.98 Å². The van der Waals surface area contributed by atoms with Crippen LogP contribution in [0.2, 0.25) is 0 Å². The first kappa shape index (κ1) is 13.2. The molecule has 0 spiro atoms. The average molecular weight is 274 g/mol. The minimum absolute atomic E-state index is 0.166. The Morgan fingerprint density at radius 2 is 2.10 bits per heavy atom. The molecule has 2 fully saturated rings. The van der Waals surface area contributed by atoms with E-state index >= 15 is 0 Å². The molecule has 1 saturated carbocycles. The van der Waals surface area contributed by atoms with Crippen LogP contribution >= 0.6 is 0 Å². The monoisotopic (exact) mass is 274 g/mol. The quantitative estimate of drug-likeness (QED) is 0.384. The summed E-state index contributed by atoms with van der Waals surface area (Å²) in [5.41, 5.74) is 7.60. The maximum atomic E-state index is 8.96. The molecule has 20 heavy (non-hydrogen) atoms. The lowest BCUT2D eigenvalue weighted by atomic mass is 9.95. The predicted molar refractivity (Wildman–Crippen MR) is 79.1 cm³/mol. The summed E-state index contributed by atoms with van der Waals surface area (Å²) in [5, 5.41) is 12.1. The zero-order valence-corrected chi connectivity index (χ0v) is 11.7. The van der Waals surface area contributed by atoms with Crippen molar-refractivity contribution in [2.45, 2.75) is 44.6 Å². The lowest BCUT2D eigenvalue weighted by Crippen LogP contribution is -2.36. The van der Waals surface area contributed by atoms with Crippen LogP contribution in [0, 0.1) is 5.92 Å². The Kier molecular flexibility index (Phi) is 3.76. The van der Waals surface area contributed by atoms with E-state index in [-0.39, 0.29) is 5.84 Å². The van der Waals surface area contributed by atoms with Gasteiger partial charge in [0.1, 0.15) is 0 Å². The van der Waals surface area contributed by atoms with Gasteiger partial charge in [-0.05, 0) is 37.7 Å². The SMILES string of the molecule is N/C(=N/O)c1ccncc1N1CCCC1C1CCCC1. The third kappa shape index (κ3) is 2.32. The molecular weight excluding hydrogens is 252 g/mol. The van der Waals surface area contributed by atoms with Crippen molar-refractivity contribution < 1.29 is 5.21 Å². The van der Waals surface area contributed by atoms with Gasteiger partial charge in [-0.25, -0.2) is 0 Å². The first-order chi connectivity index (χ1) is 9.81. The molecule has 108 valence electrons. The molecular formula is C15H22N4O. The smallest absolute Gasteiger partial charge is 0.172 e. The first-order valence-electron chi connectivity index (χ1n) is 7.50. The summed E-state index contributed by atoms with van der Waals surface area (Å²) in [6.07, 6.45) is 11.4. The fourth-order valence-corrected chi connectivity index (χ4v) is 3.81. The van der Waals surface area contributed by atoms with E-state index in [2.05, 4.69) is 15.0 Å². The van der Waals surface area contributed by atoms with Gasteiger partial charge < -0.3 is 15.8 Å². The van der Waals surface area contributed by atoms with Crippen molar-refractivity contribution in [2.24, 2.45) is 16.8 Å². The number of amidine groups is 1. The number of nitrogens with two attached hydrogens (primary N) is 1. The molecule has 1 aliphatic carbocycles. The lowest BCUT2D eigenvalue weighted by molar-refractivity contribution is 0.318. The van der Waals surface area contributed by atoms with Gasteiger partial charge in [0, 0.05) is 24.3 Å². The van der Waals surface area contributed by atoms with Crippen molar-refractivity contribution >= 4 is 11.5 Å². The van der Waals surface area contributed by atoms with E-state index in [0.29, 0.717) is 6.04 Å². The van der Waals surface area contributed by atoms with Crippen molar-refractivity contribution in [2.75, 3.05) is 11.4 Å². The van der Waals surface area contributed by atoms with Crippen LogP contribution in [0.5, 0.6) is 0 Å². The molecule has 0 amide bonds. The number of hydrogen-bond donors (Lipinski definition) is 2. The molecule has 1 saturated heterocycles. The Bertz CT molecular complexity index is 496. The molecule has 3 rings (SSSR count). The Balaban J connectivity index is 1.91. The number of nitrogens with zero attached hydrogens (tertiary/aromatic N) is 3. The zero-order valence-electron chi connectivity index (χ0n) is 11.7. The van der Waals surface area contributed by atoms with Crippen LogP contribution in [0.15, 0.2) is 23.6 Å². The van der Waals surface area contributed by atoms with Crippen LogP contribution in [0.1, 0.15) is 44.1 Å². The van der Waals surface area contributed by atoms with Gasteiger partial charge in [-0.15, -0.1) is 0 Å². The lowest BCUT2D eigenvalue weighted by Gasteiger charge is -2.32. The molecule has 2 aliphatic rings. The van der Waals surface area contributed by atoms with Crippen LogP contribution in [0.25, 0.3) is 0 Å². The second kappa shape index (κ2) is 5.69. The summed E-state index contributed by atoms with van der Waals surface area (Å²) in [6.45, 7) is 1.04. The Morgan fingerprint density at radius 1 is 1.30 bits per heavy atom. The third-order valence-corrected chi connectivity index (χ3v) is 4.74. The molecule has 5 nitrogen and oxygen atoms in total. The summed E-state index contributed by atoms with van der Waals surface area (Å²) < 4.78 is 0. The summed E-state index contributed by atoms with van der Waals surface area (Å²) in [7, 11) is 0. The molecule has 1 aliphatic heterocycles. The number of pyridine rings is 1. The highest BCUT2D eigenvalue weighted by molar-refractivity contribution is 6.02. The Hall–Kier alpha value is -1.78. The van der Waals surface area contributed by atoms with E-state index in [1.54, 1.807) is 6.20 Å². The second-order valence-electron chi connectivity index (χ2n) is 5.83. The molecule has 0 radical (unpaired) electrons. The van der Waals surface area contributed by atoms with Gasteiger partial charge in [0.15, 0.2) is 5.84 Å². The van der Waals surface area contributed by atoms with Gasteiger partial charge in [0.25, 0.3) is 0 Å². The predicted octanol–water partition coefficient (Wildman–Crippen LogP) is 2.34.